The van der Waals surface area contributed by atoms with Crippen molar-refractivity contribution in [2.45, 2.75) is 213 Å². The maximum atomic E-state index is 4.69. The molecule has 284 valence electrons. The van der Waals surface area contributed by atoms with Crippen molar-refractivity contribution < 1.29 is 0 Å². The molecule has 0 amide bonds. The van der Waals surface area contributed by atoms with Gasteiger partial charge in [-0.3, -0.25) is 0 Å². The van der Waals surface area contributed by atoms with Gasteiger partial charge in [-0.05, 0) is 146 Å². The molecule has 3 aliphatic heterocycles. The lowest BCUT2D eigenvalue weighted by molar-refractivity contribution is 0.0944. The van der Waals surface area contributed by atoms with Crippen LogP contribution in [0.3, 0.4) is 0 Å². The molecule has 0 bridgehead atoms. The monoisotopic (exact) mass is 686 g/mol. The first kappa shape index (κ1) is 41.9. The molecule has 4 heterocycles. The van der Waals surface area contributed by atoms with Crippen LogP contribution in [0.25, 0.3) is 0 Å². The van der Waals surface area contributed by atoms with Gasteiger partial charge in [-0.25, -0.2) is 9.97 Å². The fourth-order valence-corrected chi connectivity index (χ4v) is 9.98. The maximum Gasteiger partial charge on any atom is 0.227 e. The fraction of sp³-hybridized carbons (Fsp3) is 0.925. The van der Waals surface area contributed by atoms with Gasteiger partial charge in [0.25, 0.3) is 0 Å². The number of anilines is 2. The summed E-state index contributed by atoms with van der Waals surface area (Å²) >= 11 is 0. The first-order chi connectivity index (χ1) is 22.5. The standard InChI is InChI=1S/C25H47N7.C15H32N2/c1-10-17(18-11-22(2,3)31-23(4,5)12-18)15-26-20-27-16-28-21(30-20)29-19-13-24(6,7)32-25(8,9)14-19;1-6-7-8-9-10-16-13-11-14(2,3)17-15(4,5)12-13/h16-19,31-32H,10-15H2,1-9H3,(H2,26,27,28,29,30);13,16-17H,6-12H2,1-5H3. The molecule has 49 heavy (non-hydrogen) atoms. The first-order valence-electron chi connectivity index (χ1n) is 19.8. The molecule has 9 heteroatoms. The number of rotatable bonds is 13. The van der Waals surface area contributed by atoms with Crippen LogP contribution < -0.4 is 31.9 Å². The third-order valence-corrected chi connectivity index (χ3v) is 10.7. The molecular weight excluding hydrogens is 607 g/mol. The van der Waals surface area contributed by atoms with Crippen LogP contribution in [0, 0.1) is 11.8 Å². The Morgan fingerprint density at radius 1 is 0.633 bits per heavy atom. The zero-order valence-corrected chi connectivity index (χ0v) is 34.4. The summed E-state index contributed by atoms with van der Waals surface area (Å²) in [5.41, 5.74) is 1.03. The SMILES string of the molecule is CCC(CNc1ncnc(NC2CC(C)(C)NC(C)(C)C2)n1)C1CC(C)(C)NC(C)(C)C1.CCCCCCNC1CC(C)(C)NC(C)(C)C1. The lowest BCUT2D eigenvalue weighted by atomic mass is 9.70. The Morgan fingerprint density at radius 2 is 1.10 bits per heavy atom. The Hall–Kier alpha value is -1.55. The predicted molar refractivity (Wildman–Crippen MR) is 211 cm³/mol. The van der Waals surface area contributed by atoms with E-state index >= 15 is 0 Å². The third kappa shape index (κ3) is 14.9. The fourth-order valence-electron chi connectivity index (χ4n) is 9.98. The molecule has 1 aromatic heterocycles. The Bertz CT molecular complexity index is 1090. The molecule has 3 saturated heterocycles. The normalized spacial score (nSPS) is 25.1. The minimum atomic E-state index is 0.0816. The molecule has 0 saturated carbocycles. The van der Waals surface area contributed by atoms with Crippen LogP contribution in [0.2, 0.25) is 0 Å². The summed E-state index contributed by atoms with van der Waals surface area (Å²) in [6, 6.07) is 1.02. The van der Waals surface area contributed by atoms with Crippen molar-refractivity contribution in [1.82, 2.24) is 36.2 Å². The lowest BCUT2D eigenvalue weighted by Crippen LogP contribution is -2.61. The highest BCUT2D eigenvalue weighted by Crippen LogP contribution is 2.38. The molecule has 1 aromatic rings. The molecule has 0 spiro atoms. The van der Waals surface area contributed by atoms with Gasteiger partial charge in [-0.15, -0.1) is 0 Å². The van der Waals surface area contributed by atoms with Gasteiger partial charge in [0.1, 0.15) is 6.33 Å². The molecule has 3 fully saturated rings. The molecule has 6 N–H and O–H groups in total. The van der Waals surface area contributed by atoms with Crippen molar-refractivity contribution in [3.05, 3.63) is 6.33 Å². The highest BCUT2D eigenvalue weighted by molar-refractivity contribution is 5.34. The van der Waals surface area contributed by atoms with Crippen molar-refractivity contribution in [3.8, 4) is 0 Å². The number of nitrogens with one attached hydrogen (secondary N) is 6. The van der Waals surface area contributed by atoms with Crippen molar-refractivity contribution in [2.24, 2.45) is 11.8 Å². The molecule has 0 aliphatic carbocycles. The largest absolute Gasteiger partial charge is 0.354 e. The van der Waals surface area contributed by atoms with Crippen LogP contribution in [0.5, 0.6) is 0 Å². The summed E-state index contributed by atoms with van der Waals surface area (Å²) in [5, 5.41) is 22.1. The van der Waals surface area contributed by atoms with Crippen LogP contribution in [-0.4, -0.2) is 73.4 Å². The van der Waals surface area contributed by atoms with Gasteiger partial charge in [0.05, 0.1) is 0 Å². The van der Waals surface area contributed by atoms with E-state index in [9.17, 15) is 0 Å². The zero-order valence-electron chi connectivity index (χ0n) is 34.4. The highest BCUT2D eigenvalue weighted by Gasteiger charge is 2.41. The Morgan fingerprint density at radius 3 is 1.59 bits per heavy atom. The molecule has 3 aliphatic rings. The topological polar surface area (TPSA) is 111 Å². The van der Waals surface area contributed by atoms with E-state index in [-0.39, 0.29) is 33.2 Å². The van der Waals surface area contributed by atoms with Crippen molar-refractivity contribution in [2.75, 3.05) is 23.7 Å². The van der Waals surface area contributed by atoms with E-state index in [4.69, 9.17) is 4.98 Å². The van der Waals surface area contributed by atoms with E-state index in [2.05, 4.69) is 139 Å². The predicted octanol–water partition coefficient (Wildman–Crippen LogP) is 8.05. The van der Waals surface area contributed by atoms with Gasteiger partial charge in [-0.2, -0.15) is 4.98 Å². The van der Waals surface area contributed by atoms with Crippen LogP contribution in [-0.2, 0) is 0 Å². The van der Waals surface area contributed by atoms with Crippen LogP contribution in [0.4, 0.5) is 11.9 Å². The van der Waals surface area contributed by atoms with E-state index < -0.39 is 0 Å². The zero-order chi connectivity index (χ0) is 36.7. The second kappa shape index (κ2) is 16.9. The summed E-state index contributed by atoms with van der Waals surface area (Å²) in [4.78, 5) is 13.5. The van der Waals surface area contributed by atoms with Gasteiger partial charge in [0.2, 0.25) is 11.9 Å². The molecule has 1 unspecified atom stereocenters. The van der Waals surface area contributed by atoms with Gasteiger partial charge < -0.3 is 31.9 Å². The minimum absolute atomic E-state index is 0.0816. The average Bonchev–Trinajstić information content (AvgIpc) is 2.89. The molecule has 4 rings (SSSR count). The van der Waals surface area contributed by atoms with Crippen molar-refractivity contribution in [3.63, 3.8) is 0 Å². The summed E-state index contributed by atoms with van der Waals surface area (Å²) < 4.78 is 0. The number of hydrogen-bond donors (Lipinski definition) is 6. The Kier molecular flexibility index (Phi) is 14.4. The number of unbranched alkanes of at least 4 members (excludes halogenated alkanes) is 3. The van der Waals surface area contributed by atoms with E-state index in [1.165, 1.54) is 57.9 Å². The third-order valence-electron chi connectivity index (χ3n) is 10.7. The molecule has 0 radical (unpaired) electrons. The van der Waals surface area contributed by atoms with Crippen LogP contribution in [0.15, 0.2) is 6.33 Å². The van der Waals surface area contributed by atoms with E-state index in [1.807, 2.05) is 0 Å². The number of piperidine rings is 3. The van der Waals surface area contributed by atoms with E-state index in [0.717, 1.165) is 25.8 Å². The van der Waals surface area contributed by atoms with Crippen LogP contribution >= 0.6 is 0 Å². The second-order valence-electron chi connectivity index (χ2n) is 19.9. The quantitative estimate of drug-likeness (QED) is 0.115. The van der Waals surface area contributed by atoms with E-state index in [1.54, 1.807) is 6.33 Å². The highest BCUT2D eigenvalue weighted by atomic mass is 15.2. The smallest absolute Gasteiger partial charge is 0.227 e. The Labute approximate surface area is 302 Å². The van der Waals surface area contributed by atoms with Gasteiger partial charge in [0, 0.05) is 51.9 Å². The number of hydrogen-bond acceptors (Lipinski definition) is 9. The summed E-state index contributed by atoms with van der Waals surface area (Å²) in [7, 11) is 0. The van der Waals surface area contributed by atoms with Crippen molar-refractivity contribution in [1.29, 1.82) is 0 Å². The summed E-state index contributed by atoms with van der Waals surface area (Å²) in [6.45, 7) is 34.3. The summed E-state index contributed by atoms with van der Waals surface area (Å²) in [6.07, 6.45) is 15.1. The average molecular weight is 686 g/mol. The number of nitrogens with zero attached hydrogens (tertiary/aromatic N) is 3. The first-order valence-corrected chi connectivity index (χ1v) is 19.8. The van der Waals surface area contributed by atoms with Crippen molar-refractivity contribution >= 4 is 11.9 Å². The van der Waals surface area contributed by atoms with E-state index in [0.29, 0.717) is 35.8 Å². The van der Waals surface area contributed by atoms with Gasteiger partial charge in [0.15, 0.2) is 0 Å². The van der Waals surface area contributed by atoms with Gasteiger partial charge in [-0.1, -0.05) is 39.5 Å². The summed E-state index contributed by atoms with van der Waals surface area (Å²) in [5.74, 6) is 2.60. The number of aromatic nitrogens is 3. The molecule has 1 atom stereocenters. The second-order valence-corrected chi connectivity index (χ2v) is 19.9. The Balaban J connectivity index is 0.000000323. The molecule has 0 aromatic carbocycles. The lowest BCUT2D eigenvalue weighted by Gasteiger charge is -2.48. The maximum absolute atomic E-state index is 4.69. The van der Waals surface area contributed by atoms with Crippen LogP contribution in [0.1, 0.15) is 168 Å². The minimum Gasteiger partial charge on any atom is -0.354 e. The molecular formula is C40H79N9. The molecule has 9 nitrogen and oxygen atoms in total. The van der Waals surface area contributed by atoms with Gasteiger partial charge >= 0.3 is 0 Å².